The molecule has 0 aromatic heterocycles. The molecule has 0 amide bonds. The minimum absolute atomic E-state index is 0. The van der Waals surface area contributed by atoms with Crippen LogP contribution in [0.25, 0.3) is 0 Å². The molecule has 0 aliphatic rings. The van der Waals surface area contributed by atoms with Crippen LogP contribution < -0.4 is 51.4 Å². The molecular formula is H2HgKMnO4. The molecule has 36 valence electrons. The Morgan fingerprint density at radius 2 is 1.29 bits per heavy atom. The molecule has 7 heteroatoms. The van der Waals surface area contributed by atoms with E-state index < -0.39 is 13.0 Å². The van der Waals surface area contributed by atoms with Gasteiger partial charge in [-0.15, -0.1) is 0 Å². The molecule has 0 aliphatic carbocycles. The summed E-state index contributed by atoms with van der Waals surface area (Å²) in [6.45, 7) is 0. The molecule has 0 unspecified atom stereocenters. The van der Waals surface area contributed by atoms with Crippen LogP contribution in [0, 0.1) is 0 Å². The summed E-state index contributed by atoms with van der Waals surface area (Å²) >= 11 is -5.38. The molecule has 0 bridgehead atoms. The summed E-state index contributed by atoms with van der Waals surface area (Å²) < 4.78 is 33.1. The minimum atomic E-state index is -5.38. The van der Waals surface area contributed by atoms with Crippen LogP contribution in [0.1, 0.15) is 1.43 Å². The van der Waals surface area contributed by atoms with Crippen molar-refractivity contribution in [2.75, 3.05) is 0 Å². The van der Waals surface area contributed by atoms with Crippen molar-refractivity contribution in [3.63, 3.8) is 0 Å². The van der Waals surface area contributed by atoms with Gasteiger partial charge in [0.25, 0.3) is 0 Å². The van der Waals surface area contributed by atoms with Gasteiger partial charge in [-0.05, 0) is 0 Å². The molecule has 0 heterocycles. The van der Waals surface area contributed by atoms with Crippen molar-refractivity contribution in [3.8, 4) is 0 Å². The topological polar surface area (TPSA) is 71.4 Å². The van der Waals surface area contributed by atoms with Crippen LogP contribution in [-0.2, 0) is 52.1 Å². The second-order valence-electron chi connectivity index (χ2n) is 0.396. The molecule has 0 saturated carbocycles. The van der Waals surface area contributed by atoms with E-state index in [4.69, 9.17) is 15.7 Å². The third-order valence-electron chi connectivity index (χ3n) is 0. The maximum atomic E-state index is 8.69. The fourth-order valence-corrected chi connectivity index (χ4v) is 0. The van der Waals surface area contributed by atoms with Crippen LogP contribution in [0.15, 0.2) is 0 Å². The molecule has 0 radical (unpaired) electrons. The first-order valence-corrected chi connectivity index (χ1v) is 2.61. The van der Waals surface area contributed by atoms with Gasteiger partial charge in [0.05, 0.1) is 0 Å². The van der Waals surface area contributed by atoms with E-state index in [0.717, 1.165) is 0 Å². The first kappa shape index (κ1) is 16.2. The zero-order valence-electron chi connectivity index (χ0n) is 4.76. The average molecular weight is 361 g/mol. The summed E-state index contributed by atoms with van der Waals surface area (Å²) in [6.07, 6.45) is 0. The Morgan fingerprint density at radius 3 is 1.29 bits per heavy atom. The van der Waals surface area contributed by atoms with E-state index in [1.165, 1.54) is 0 Å². The van der Waals surface area contributed by atoms with Crippen LogP contribution >= 0.6 is 0 Å². The fraction of sp³-hybridized carbons (Fsp3) is 0. The summed E-state index contributed by atoms with van der Waals surface area (Å²) in [5, 5.41) is 0. The van der Waals surface area contributed by atoms with Crippen molar-refractivity contribution in [2.45, 2.75) is 0 Å². The maximum absolute atomic E-state index is 8.69. The molecule has 0 atom stereocenters. The first-order chi connectivity index (χ1) is 2.00. The molecule has 0 aromatic rings. The molecule has 0 rings (SSSR count). The number of rotatable bonds is 0. The zero-order valence-corrected chi connectivity index (χ0v) is 13.6. The van der Waals surface area contributed by atoms with E-state index in [1.54, 1.807) is 0 Å². The Hall–Kier alpha value is 2.45. The summed E-state index contributed by atoms with van der Waals surface area (Å²) in [7, 11) is 0. The Kier molecular flexibility index (Phi) is 15.2. The van der Waals surface area contributed by atoms with Crippen LogP contribution in [0.5, 0.6) is 0 Å². The van der Waals surface area contributed by atoms with Crippen LogP contribution in [-0.4, -0.2) is 4.19 Å². The van der Waals surface area contributed by atoms with Gasteiger partial charge in [0.2, 0.25) is 0 Å². The summed E-state index contributed by atoms with van der Waals surface area (Å²) in [5.74, 6) is 0. The molecule has 0 spiro atoms. The van der Waals surface area contributed by atoms with E-state index in [0.29, 0.717) is 0 Å². The van der Waals surface area contributed by atoms with Crippen molar-refractivity contribution in [2.24, 2.45) is 0 Å². The van der Waals surface area contributed by atoms with E-state index in [9.17, 15) is 0 Å². The Balaban J connectivity index is -0.0000000267. The van der Waals surface area contributed by atoms with Crippen molar-refractivity contribution in [3.05, 3.63) is 0 Å². The Morgan fingerprint density at radius 1 is 1.29 bits per heavy atom. The van der Waals surface area contributed by atoms with Crippen LogP contribution in [0.3, 0.4) is 0 Å². The third-order valence-corrected chi connectivity index (χ3v) is 0. The van der Waals surface area contributed by atoms with Gasteiger partial charge in [0, 0.05) is 27.7 Å². The Labute approximate surface area is 107 Å². The molecule has 0 aliphatic heterocycles. The van der Waals surface area contributed by atoms with Crippen molar-refractivity contribution >= 4 is 0 Å². The Bertz CT molecular complexity index is 137. The SMILES string of the molecule is [H-].[Hg].[K+].[O]=[Mn](=[O])(=[O])[OH]. The van der Waals surface area contributed by atoms with Gasteiger partial charge in [-0.25, -0.2) is 0 Å². The molecular weight excluding hydrogens is 359 g/mol. The quantitative estimate of drug-likeness (QED) is 0.450. The normalized spacial score (nSPS) is 8.14. The monoisotopic (exact) mass is 362 g/mol. The van der Waals surface area contributed by atoms with Gasteiger partial charge < -0.3 is 1.43 Å². The van der Waals surface area contributed by atoms with Gasteiger partial charge in [0.1, 0.15) is 0 Å². The molecule has 4 nitrogen and oxygen atoms in total. The second kappa shape index (κ2) is 6.57. The van der Waals surface area contributed by atoms with Crippen molar-refractivity contribution in [1.82, 2.24) is 0 Å². The fourth-order valence-electron chi connectivity index (χ4n) is 0. The van der Waals surface area contributed by atoms with E-state index >= 15 is 0 Å². The molecule has 1 N–H and O–H groups in total. The third kappa shape index (κ3) is 58.5. The summed E-state index contributed by atoms with van der Waals surface area (Å²) in [4.78, 5) is 0. The van der Waals surface area contributed by atoms with Gasteiger partial charge >= 0.3 is 80.0 Å². The summed E-state index contributed by atoms with van der Waals surface area (Å²) in [6, 6.07) is 0. The van der Waals surface area contributed by atoms with Gasteiger partial charge in [-0.2, -0.15) is 0 Å². The molecule has 7 heavy (non-hydrogen) atoms. The molecule has 0 saturated heterocycles. The van der Waals surface area contributed by atoms with Crippen molar-refractivity contribution < 1.29 is 109 Å². The zero-order chi connectivity index (χ0) is 4.50. The van der Waals surface area contributed by atoms with Gasteiger partial charge in [-0.3, -0.25) is 0 Å². The van der Waals surface area contributed by atoms with E-state index in [1.807, 2.05) is 0 Å². The predicted octanol–water partition coefficient (Wildman–Crippen LogP) is -3.80. The number of hydrogen-bond acceptors (Lipinski definition) is 3. The summed E-state index contributed by atoms with van der Waals surface area (Å²) in [5.41, 5.74) is 0. The van der Waals surface area contributed by atoms with E-state index in [-0.39, 0.29) is 80.5 Å². The molecule has 0 aromatic carbocycles. The van der Waals surface area contributed by atoms with Gasteiger partial charge in [-0.1, -0.05) is 0 Å². The van der Waals surface area contributed by atoms with Gasteiger partial charge in [0.15, 0.2) is 0 Å². The van der Waals surface area contributed by atoms with E-state index in [2.05, 4.69) is 0 Å². The standard InChI is InChI=1S/Hg.K.Mn.H2O.3O.H/h;;;1H2;;;;/q;2*+1;;;;;-1/p-1. The average Bonchev–Trinajstić information content (AvgIpc) is 0.722. The number of hydrogen-bond donors (Lipinski definition) is 1. The predicted molar refractivity (Wildman–Crippen MR) is 5.39 cm³/mol. The first-order valence-electron chi connectivity index (χ1n) is 0.632. The van der Waals surface area contributed by atoms with Crippen LogP contribution in [0.4, 0.5) is 0 Å². The molecule has 0 fully saturated rings. The second-order valence-corrected chi connectivity index (χ2v) is 1.63. The van der Waals surface area contributed by atoms with Crippen molar-refractivity contribution in [1.29, 1.82) is 0 Å². The van der Waals surface area contributed by atoms with Crippen LogP contribution in [0.2, 0.25) is 0 Å².